The van der Waals surface area contributed by atoms with Gasteiger partial charge in [-0.25, -0.2) is 8.42 Å². The number of halogens is 2. The van der Waals surface area contributed by atoms with Crippen LogP contribution < -0.4 is 0 Å². The lowest BCUT2D eigenvalue weighted by Gasteiger charge is -2.22. The van der Waals surface area contributed by atoms with Crippen molar-refractivity contribution in [3.63, 3.8) is 0 Å². The first-order valence-corrected chi connectivity index (χ1v) is 11.4. The van der Waals surface area contributed by atoms with Gasteiger partial charge in [0.2, 0.25) is 15.8 Å². The van der Waals surface area contributed by atoms with Crippen LogP contribution in [-0.2, 0) is 19.6 Å². The van der Waals surface area contributed by atoms with Crippen LogP contribution in [0.1, 0.15) is 22.5 Å². The number of Topliss-reactive ketones (excluding diaryl/α,β-unsaturated/α-hetero) is 1. The SMILES string of the molecule is O=C(COC(=O)C1CCCN1S(=O)(=O)c1ccc(Cl)cc1)c1ccc(Br)s1. The molecule has 0 spiro atoms. The molecule has 0 saturated carbocycles. The number of nitrogens with zero attached hydrogens (tertiary/aromatic N) is 1. The van der Waals surface area contributed by atoms with Gasteiger partial charge in [0.25, 0.3) is 0 Å². The summed E-state index contributed by atoms with van der Waals surface area (Å²) >= 11 is 10.3. The first-order chi connectivity index (χ1) is 12.8. The minimum absolute atomic E-state index is 0.0612. The van der Waals surface area contributed by atoms with Gasteiger partial charge in [0.1, 0.15) is 6.04 Å². The molecule has 1 aromatic heterocycles. The van der Waals surface area contributed by atoms with E-state index in [1.54, 1.807) is 12.1 Å². The summed E-state index contributed by atoms with van der Waals surface area (Å²) in [6, 6.07) is 8.20. The number of carbonyl (C=O) groups excluding carboxylic acids is 2. The van der Waals surface area contributed by atoms with Crippen molar-refractivity contribution >= 4 is 60.6 Å². The number of ketones is 1. The fourth-order valence-corrected chi connectivity index (χ4v) is 5.86. The van der Waals surface area contributed by atoms with Gasteiger partial charge in [-0.15, -0.1) is 11.3 Å². The fourth-order valence-electron chi connectivity index (χ4n) is 2.77. The molecule has 1 saturated heterocycles. The summed E-state index contributed by atoms with van der Waals surface area (Å²) in [6.07, 6.45) is 0.892. The van der Waals surface area contributed by atoms with Crippen LogP contribution in [0.4, 0.5) is 0 Å². The topological polar surface area (TPSA) is 80.8 Å². The quantitative estimate of drug-likeness (QED) is 0.453. The van der Waals surface area contributed by atoms with Crippen LogP contribution >= 0.6 is 38.9 Å². The molecule has 1 fully saturated rings. The molecule has 0 N–H and O–H groups in total. The molecule has 2 aromatic rings. The number of sulfonamides is 1. The molecule has 10 heteroatoms. The lowest BCUT2D eigenvalue weighted by molar-refractivity contribution is -0.146. The van der Waals surface area contributed by atoms with Gasteiger partial charge in [-0.1, -0.05) is 11.6 Å². The molecule has 2 heterocycles. The zero-order valence-corrected chi connectivity index (χ0v) is 17.9. The van der Waals surface area contributed by atoms with Crippen LogP contribution in [0, 0.1) is 0 Å². The molecule has 27 heavy (non-hydrogen) atoms. The summed E-state index contributed by atoms with van der Waals surface area (Å²) in [5.41, 5.74) is 0. The number of hydrogen-bond acceptors (Lipinski definition) is 6. The Morgan fingerprint density at radius 2 is 1.93 bits per heavy atom. The smallest absolute Gasteiger partial charge is 0.324 e. The predicted octanol–water partition coefficient (Wildman–Crippen LogP) is 3.74. The summed E-state index contributed by atoms with van der Waals surface area (Å²) in [7, 11) is -3.85. The Hall–Kier alpha value is -1.26. The molecular formula is C17H15BrClNO5S2. The third-order valence-electron chi connectivity index (χ3n) is 4.09. The Balaban J connectivity index is 1.69. The highest BCUT2D eigenvalue weighted by Crippen LogP contribution is 2.28. The minimum atomic E-state index is -3.85. The maximum Gasteiger partial charge on any atom is 0.324 e. The van der Waals surface area contributed by atoms with E-state index in [4.69, 9.17) is 16.3 Å². The fraction of sp³-hybridized carbons (Fsp3) is 0.294. The molecule has 144 valence electrons. The predicted molar refractivity (Wildman–Crippen MR) is 106 cm³/mol. The van der Waals surface area contributed by atoms with Crippen molar-refractivity contribution in [1.29, 1.82) is 0 Å². The average Bonchev–Trinajstić information content (AvgIpc) is 3.29. The molecular weight excluding hydrogens is 478 g/mol. The van der Waals surface area contributed by atoms with Crippen LogP contribution in [0.25, 0.3) is 0 Å². The van der Waals surface area contributed by atoms with Crippen LogP contribution in [0.5, 0.6) is 0 Å². The highest BCUT2D eigenvalue weighted by Gasteiger charge is 2.40. The van der Waals surface area contributed by atoms with Crippen LogP contribution in [-0.4, -0.2) is 43.7 Å². The lowest BCUT2D eigenvalue weighted by Crippen LogP contribution is -2.41. The Morgan fingerprint density at radius 1 is 1.22 bits per heavy atom. The van der Waals surface area contributed by atoms with E-state index in [0.717, 1.165) is 8.09 Å². The van der Waals surface area contributed by atoms with Gasteiger partial charge in [0.15, 0.2) is 6.61 Å². The zero-order chi connectivity index (χ0) is 19.6. The summed E-state index contributed by atoms with van der Waals surface area (Å²) in [6.45, 7) is -0.201. The van der Waals surface area contributed by atoms with E-state index in [9.17, 15) is 18.0 Å². The van der Waals surface area contributed by atoms with Crippen LogP contribution in [0.3, 0.4) is 0 Å². The zero-order valence-electron chi connectivity index (χ0n) is 13.9. The number of ether oxygens (including phenoxy) is 1. The van der Waals surface area contributed by atoms with E-state index in [-0.39, 0.29) is 17.2 Å². The highest BCUT2D eigenvalue weighted by atomic mass is 79.9. The van der Waals surface area contributed by atoms with Crippen molar-refractivity contribution in [2.45, 2.75) is 23.8 Å². The second kappa shape index (κ2) is 8.40. The van der Waals surface area contributed by atoms with Crippen LogP contribution in [0.2, 0.25) is 5.02 Å². The van der Waals surface area contributed by atoms with Gasteiger partial charge in [-0.2, -0.15) is 4.31 Å². The van der Waals surface area contributed by atoms with E-state index < -0.39 is 28.6 Å². The third-order valence-corrected chi connectivity index (χ3v) is 7.93. The van der Waals surface area contributed by atoms with Crippen molar-refractivity contribution in [3.8, 4) is 0 Å². The molecule has 0 aliphatic carbocycles. The van der Waals surface area contributed by atoms with Gasteiger partial charge in [-0.3, -0.25) is 9.59 Å². The first-order valence-electron chi connectivity index (χ1n) is 8.01. The Labute approximate surface area is 174 Å². The molecule has 1 unspecified atom stereocenters. The molecule has 0 amide bonds. The largest absolute Gasteiger partial charge is 0.456 e. The number of carbonyl (C=O) groups is 2. The van der Waals surface area contributed by atoms with Gasteiger partial charge in [-0.05, 0) is 65.2 Å². The molecule has 1 aliphatic heterocycles. The van der Waals surface area contributed by atoms with E-state index >= 15 is 0 Å². The molecule has 6 nitrogen and oxygen atoms in total. The van der Waals surface area contributed by atoms with E-state index in [1.165, 1.54) is 35.6 Å². The van der Waals surface area contributed by atoms with Gasteiger partial charge >= 0.3 is 5.97 Å². The minimum Gasteiger partial charge on any atom is -0.456 e. The Bertz CT molecular complexity index is 958. The van der Waals surface area contributed by atoms with Gasteiger partial charge in [0.05, 0.1) is 13.6 Å². The summed E-state index contributed by atoms with van der Waals surface area (Å²) < 4.78 is 32.7. The number of benzene rings is 1. The maximum absolute atomic E-state index is 12.8. The first kappa shape index (κ1) is 20.5. The number of rotatable bonds is 6. The summed E-state index contributed by atoms with van der Waals surface area (Å²) in [5, 5.41) is 0.421. The molecule has 1 aliphatic rings. The maximum atomic E-state index is 12.8. The lowest BCUT2D eigenvalue weighted by atomic mass is 10.2. The standard InChI is InChI=1S/C17H15BrClNO5S2/c18-16-8-7-15(26-16)14(21)10-25-17(22)13-2-1-9-20(13)27(23,24)12-5-3-11(19)4-6-12/h3-8,13H,1-2,9-10H2. The number of hydrogen-bond donors (Lipinski definition) is 0. The van der Waals surface area contributed by atoms with E-state index in [2.05, 4.69) is 15.9 Å². The molecule has 3 rings (SSSR count). The van der Waals surface area contributed by atoms with E-state index in [1.807, 2.05) is 0 Å². The van der Waals surface area contributed by atoms with Crippen molar-refractivity contribution < 1.29 is 22.7 Å². The van der Waals surface area contributed by atoms with E-state index in [0.29, 0.717) is 22.7 Å². The molecule has 0 bridgehead atoms. The van der Waals surface area contributed by atoms with Crippen molar-refractivity contribution in [2.75, 3.05) is 13.2 Å². The molecule has 0 radical (unpaired) electrons. The van der Waals surface area contributed by atoms with Crippen LogP contribution in [0.15, 0.2) is 45.1 Å². The van der Waals surface area contributed by atoms with Gasteiger partial charge in [0, 0.05) is 11.6 Å². The molecule has 1 atom stereocenters. The average molecular weight is 493 g/mol. The number of esters is 1. The third kappa shape index (κ3) is 4.60. The van der Waals surface area contributed by atoms with Crippen molar-refractivity contribution in [1.82, 2.24) is 4.31 Å². The monoisotopic (exact) mass is 491 g/mol. The second-order valence-corrected chi connectivity index (χ2v) is 10.7. The Morgan fingerprint density at radius 3 is 2.56 bits per heavy atom. The normalized spacial score (nSPS) is 17.8. The Kier molecular flexibility index (Phi) is 6.37. The summed E-state index contributed by atoms with van der Waals surface area (Å²) in [4.78, 5) is 25.0. The van der Waals surface area contributed by atoms with Crippen molar-refractivity contribution in [3.05, 3.63) is 50.1 Å². The second-order valence-electron chi connectivity index (χ2n) is 5.86. The number of thiophene rings is 1. The molecule has 1 aromatic carbocycles. The van der Waals surface area contributed by atoms with Crippen molar-refractivity contribution in [2.24, 2.45) is 0 Å². The summed E-state index contributed by atoms with van der Waals surface area (Å²) in [5.74, 6) is -1.04. The van der Waals surface area contributed by atoms with Gasteiger partial charge < -0.3 is 4.74 Å². The highest BCUT2D eigenvalue weighted by molar-refractivity contribution is 9.11.